The van der Waals surface area contributed by atoms with E-state index in [-0.39, 0.29) is 5.84 Å². The summed E-state index contributed by atoms with van der Waals surface area (Å²) in [7, 11) is 0. The maximum absolute atomic E-state index is 9.56. The molecule has 1 aromatic heterocycles. The lowest BCUT2D eigenvalue weighted by molar-refractivity contribution is 0.936. The molecule has 0 fully saturated rings. The molecule has 1 atom stereocenters. The third-order valence-corrected chi connectivity index (χ3v) is 4.64. The zero-order chi connectivity index (χ0) is 15.8. The molecule has 0 saturated carbocycles. The van der Waals surface area contributed by atoms with Gasteiger partial charge in [-0.25, -0.2) is 15.0 Å². The zero-order valence-corrected chi connectivity index (χ0v) is 12.8. The Morgan fingerprint density at radius 3 is 2.48 bits per heavy atom. The van der Waals surface area contributed by atoms with Gasteiger partial charge in [0.05, 0.1) is 28.5 Å². The maximum Gasteiger partial charge on any atom is 0.148 e. The largest absolute Gasteiger partial charge is 0.386 e. The number of rotatable bonds is 0. The van der Waals surface area contributed by atoms with Crippen molar-refractivity contribution in [3.63, 3.8) is 0 Å². The molecular weight excluding hydrogens is 306 g/mol. The van der Waals surface area contributed by atoms with E-state index in [0.29, 0.717) is 10.7 Å². The Bertz CT molecular complexity index is 990. The molecule has 0 bridgehead atoms. The zero-order valence-electron chi connectivity index (χ0n) is 12.0. The highest BCUT2D eigenvalue weighted by Crippen LogP contribution is 2.40. The maximum atomic E-state index is 9.56. The number of hydrogen-bond donors (Lipinski definition) is 1. The van der Waals surface area contributed by atoms with Crippen LogP contribution in [0.5, 0.6) is 0 Å². The number of aromatic nitrogens is 2. The molecular formula is C17H11N5S. The number of hydrogen-bond acceptors (Lipinski definition) is 6. The third kappa shape index (κ3) is 2.31. The van der Waals surface area contributed by atoms with E-state index in [1.807, 2.05) is 48.5 Å². The molecule has 0 amide bonds. The van der Waals surface area contributed by atoms with Gasteiger partial charge in [-0.3, -0.25) is 0 Å². The fourth-order valence-corrected chi connectivity index (χ4v) is 3.46. The fourth-order valence-electron chi connectivity index (χ4n) is 2.47. The average molecular weight is 317 g/mol. The molecule has 1 aliphatic rings. The van der Waals surface area contributed by atoms with Gasteiger partial charge in [0.1, 0.15) is 16.8 Å². The minimum atomic E-state index is -0.706. The van der Waals surface area contributed by atoms with E-state index < -0.39 is 5.92 Å². The van der Waals surface area contributed by atoms with Gasteiger partial charge in [-0.05, 0) is 24.3 Å². The number of benzene rings is 2. The van der Waals surface area contributed by atoms with Crippen molar-refractivity contribution in [3.8, 4) is 6.07 Å². The summed E-state index contributed by atoms with van der Waals surface area (Å²) in [5, 5.41) is 10.3. The molecule has 2 N–H and O–H groups in total. The Morgan fingerprint density at radius 2 is 1.70 bits per heavy atom. The summed E-state index contributed by atoms with van der Waals surface area (Å²) in [4.78, 5) is 14.7. The minimum absolute atomic E-state index is 0.242. The van der Waals surface area contributed by atoms with Crippen molar-refractivity contribution < 1.29 is 0 Å². The van der Waals surface area contributed by atoms with Crippen LogP contribution in [0, 0.1) is 11.3 Å². The Balaban J connectivity index is 2.03. The number of fused-ring (bicyclic) bond motifs is 3. The van der Waals surface area contributed by atoms with Crippen molar-refractivity contribution in [3.05, 3.63) is 54.2 Å². The smallest absolute Gasteiger partial charge is 0.148 e. The van der Waals surface area contributed by atoms with Crippen molar-refractivity contribution in [2.75, 3.05) is 0 Å². The van der Waals surface area contributed by atoms with Gasteiger partial charge in [0, 0.05) is 4.90 Å². The van der Waals surface area contributed by atoms with Gasteiger partial charge in [-0.1, -0.05) is 36.0 Å². The molecule has 0 radical (unpaired) electrons. The lowest BCUT2D eigenvalue weighted by atomic mass is 10.1. The Hall–Kier alpha value is -2.91. The average Bonchev–Trinajstić information content (AvgIpc) is 2.56. The molecule has 1 aliphatic heterocycles. The number of aliphatic imine (C=N–C) groups is 1. The van der Waals surface area contributed by atoms with Gasteiger partial charge < -0.3 is 5.73 Å². The van der Waals surface area contributed by atoms with Gasteiger partial charge in [0.15, 0.2) is 0 Å². The Morgan fingerprint density at radius 1 is 1.00 bits per heavy atom. The number of amidine groups is 1. The van der Waals surface area contributed by atoms with Crippen molar-refractivity contribution in [1.82, 2.24) is 9.97 Å². The number of nitriles is 1. The molecule has 4 rings (SSSR count). The van der Waals surface area contributed by atoms with Crippen LogP contribution in [0.15, 0.2) is 63.4 Å². The SMILES string of the molecule is N#C[C@@H]1C(N)=Nc2ccccc2Sc2nc3ccccc3nc21. The molecule has 110 valence electrons. The van der Waals surface area contributed by atoms with Gasteiger partial charge in [-0.15, -0.1) is 0 Å². The first-order valence-electron chi connectivity index (χ1n) is 7.03. The van der Waals surface area contributed by atoms with Crippen LogP contribution in [-0.4, -0.2) is 15.8 Å². The highest BCUT2D eigenvalue weighted by atomic mass is 32.2. The predicted molar refractivity (Wildman–Crippen MR) is 89.7 cm³/mol. The highest BCUT2D eigenvalue weighted by molar-refractivity contribution is 7.99. The summed E-state index contributed by atoms with van der Waals surface area (Å²) >= 11 is 1.47. The molecule has 2 aromatic carbocycles. The van der Waals surface area contributed by atoms with Crippen LogP contribution in [-0.2, 0) is 0 Å². The molecule has 0 spiro atoms. The summed E-state index contributed by atoms with van der Waals surface area (Å²) in [5.41, 5.74) is 8.93. The molecule has 0 unspecified atom stereocenters. The Labute approximate surface area is 136 Å². The van der Waals surface area contributed by atoms with Crippen LogP contribution < -0.4 is 5.73 Å². The number of nitrogens with two attached hydrogens (primary N) is 1. The minimum Gasteiger partial charge on any atom is -0.386 e. The standard InChI is InChI=1S/C17H11N5S/c18-9-10-15-17(22-12-6-2-1-5-11(12)20-15)23-14-8-4-3-7-13(14)21-16(10)19/h1-8,10H,(H2,19,21)/t10-/m0/s1. The van der Waals surface area contributed by atoms with Gasteiger partial charge in [0.2, 0.25) is 0 Å². The molecule has 0 aliphatic carbocycles. The normalized spacial score (nSPS) is 16.5. The topological polar surface area (TPSA) is 88.0 Å². The van der Waals surface area contributed by atoms with Crippen LogP contribution >= 0.6 is 11.8 Å². The second-order valence-corrected chi connectivity index (χ2v) is 6.10. The Kier molecular flexibility index (Phi) is 3.21. The molecule has 23 heavy (non-hydrogen) atoms. The van der Waals surface area contributed by atoms with Crippen LogP contribution in [0.4, 0.5) is 5.69 Å². The van der Waals surface area contributed by atoms with E-state index in [4.69, 9.17) is 5.73 Å². The van der Waals surface area contributed by atoms with E-state index in [0.717, 1.165) is 21.6 Å². The van der Waals surface area contributed by atoms with Crippen molar-refractivity contribution in [1.29, 1.82) is 5.26 Å². The van der Waals surface area contributed by atoms with Gasteiger partial charge in [0.25, 0.3) is 0 Å². The summed E-state index contributed by atoms with van der Waals surface area (Å²) < 4.78 is 0. The van der Waals surface area contributed by atoms with E-state index in [2.05, 4.69) is 21.0 Å². The van der Waals surface area contributed by atoms with Crippen LogP contribution in [0.25, 0.3) is 11.0 Å². The summed E-state index contributed by atoms with van der Waals surface area (Å²) in [6.45, 7) is 0. The quantitative estimate of drug-likeness (QED) is 0.686. The van der Waals surface area contributed by atoms with Crippen LogP contribution in [0.3, 0.4) is 0 Å². The van der Waals surface area contributed by atoms with Crippen LogP contribution in [0.1, 0.15) is 11.6 Å². The fraction of sp³-hybridized carbons (Fsp3) is 0.0588. The van der Waals surface area contributed by atoms with Gasteiger partial charge >= 0.3 is 0 Å². The first kappa shape index (κ1) is 13.7. The monoisotopic (exact) mass is 317 g/mol. The van der Waals surface area contributed by atoms with E-state index >= 15 is 0 Å². The first-order valence-corrected chi connectivity index (χ1v) is 7.85. The summed E-state index contributed by atoms with van der Waals surface area (Å²) in [6, 6.07) is 17.5. The second kappa shape index (κ2) is 5.38. The van der Waals surface area contributed by atoms with Gasteiger partial charge in [-0.2, -0.15) is 5.26 Å². The van der Waals surface area contributed by atoms with Crippen molar-refractivity contribution in [2.24, 2.45) is 10.7 Å². The van der Waals surface area contributed by atoms with Crippen molar-refractivity contribution in [2.45, 2.75) is 15.8 Å². The molecule has 2 heterocycles. The number of nitrogens with zero attached hydrogens (tertiary/aromatic N) is 4. The molecule has 0 saturated heterocycles. The molecule has 6 heteroatoms. The van der Waals surface area contributed by atoms with Crippen LogP contribution in [0.2, 0.25) is 0 Å². The summed E-state index contributed by atoms with van der Waals surface area (Å²) in [5.74, 6) is -0.464. The lowest BCUT2D eigenvalue weighted by Crippen LogP contribution is -2.23. The summed E-state index contributed by atoms with van der Waals surface area (Å²) in [6.07, 6.45) is 0. The lowest BCUT2D eigenvalue weighted by Gasteiger charge is -2.17. The van der Waals surface area contributed by atoms with Crippen molar-refractivity contribution >= 4 is 34.3 Å². The highest BCUT2D eigenvalue weighted by Gasteiger charge is 2.26. The van der Waals surface area contributed by atoms with E-state index in [1.165, 1.54) is 11.8 Å². The molecule has 5 nitrogen and oxygen atoms in total. The predicted octanol–water partition coefficient (Wildman–Crippen LogP) is 3.39. The molecule has 3 aromatic rings. The number of para-hydroxylation sites is 3. The first-order chi connectivity index (χ1) is 11.3. The third-order valence-electron chi connectivity index (χ3n) is 3.58. The second-order valence-electron chi connectivity index (χ2n) is 5.07. The van der Waals surface area contributed by atoms with E-state index in [9.17, 15) is 5.26 Å². The van der Waals surface area contributed by atoms with E-state index in [1.54, 1.807) is 0 Å².